The van der Waals surface area contributed by atoms with Crippen LogP contribution in [0, 0.1) is 17.7 Å². The number of ether oxygens (including phenoxy) is 2. The van der Waals surface area contributed by atoms with Crippen LogP contribution in [-0.4, -0.2) is 31.8 Å². The summed E-state index contributed by atoms with van der Waals surface area (Å²) >= 11 is 0. The Morgan fingerprint density at radius 2 is 1.57 bits per heavy atom. The number of primary amides is 1. The van der Waals surface area contributed by atoms with Crippen molar-refractivity contribution in [1.82, 2.24) is 0 Å². The number of carbonyl (C=O) groups excluding carboxylic acids is 2. The van der Waals surface area contributed by atoms with E-state index in [1.165, 1.54) is 17.0 Å². The number of amides is 2. The molecule has 2 aromatic carbocycles. The lowest BCUT2D eigenvalue weighted by Crippen LogP contribution is -2.30. The minimum absolute atomic E-state index is 0.0487. The maximum Gasteiger partial charge on any atom is 0.418 e. The molecule has 1 saturated carbocycles. The lowest BCUT2D eigenvalue weighted by molar-refractivity contribution is -0.123. The number of anilines is 2. The summed E-state index contributed by atoms with van der Waals surface area (Å²) in [7, 11) is 0. The minimum Gasteiger partial charge on any atom is -0.449 e. The molecule has 1 fully saturated rings. The van der Waals surface area contributed by atoms with E-state index in [1.807, 2.05) is 18.2 Å². The molecule has 3 rings (SSSR count). The van der Waals surface area contributed by atoms with Gasteiger partial charge in [0.1, 0.15) is 12.4 Å². The molecule has 0 heterocycles. The van der Waals surface area contributed by atoms with E-state index in [0.717, 1.165) is 25.7 Å². The van der Waals surface area contributed by atoms with E-state index in [-0.39, 0.29) is 12.5 Å². The molecule has 0 atom stereocenters. The molecule has 2 aromatic rings. The molecule has 1 aliphatic rings. The molecular formula is C23H27FN2O4. The van der Waals surface area contributed by atoms with Gasteiger partial charge in [-0.05, 0) is 67.9 Å². The van der Waals surface area contributed by atoms with Gasteiger partial charge in [-0.2, -0.15) is 0 Å². The fourth-order valence-corrected chi connectivity index (χ4v) is 3.70. The Bertz CT molecular complexity index is 838. The lowest BCUT2D eigenvalue weighted by Gasteiger charge is -2.29. The number of hydrogen-bond acceptors (Lipinski definition) is 4. The summed E-state index contributed by atoms with van der Waals surface area (Å²) in [6, 6.07) is 14.9. The second-order valence-corrected chi connectivity index (χ2v) is 7.60. The molecule has 6 nitrogen and oxygen atoms in total. The first-order valence-electron chi connectivity index (χ1n) is 10.2. The number of halogens is 1. The van der Waals surface area contributed by atoms with Gasteiger partial charge in [0.05, 0.1) is 24.6 Å². The molecule has 0 saturated heterocycles. The minimum atomic E-state index is -0.529. The highest BCUT2D eigenvalue weighted by Gasteiger charge is 2.25. The molecule has 0 aliphatic heterocycles. The number of nitrogens with zero attached hydrogens (tertiary/aromatic N) is 1. The van der Waals surface area contributed by atoms with Crippen molar-refractivity contribution in [2.45, 2.75) is 25.7 Å². The maximum absolute atomic E-state index is 13.7. The average Bonchev–Trinajstić information content (AvgIpc) is 2.74. The van der Waals surface area contributed by atoms with Crippen LogP contribution in [0.1, 0.15) is 25.7 Å². The van der Waals surface area contributed by atoms with Gasteiger partial charge >= 0.3 is 6.09 Å². The number of carbonyl (C=O) groups is 2. The van der Waals surface area contributed by atoms with E-state index in [4.69, 9.17) is 15.2 Å². The van der Waals surface area contributed by atoms with Crippen LogP contribution in [0.5, 0.6) is 0 Å². The summed E-state index contributed by atoms with van der Waals surface area (Å²) in [5.41, 5.74) is 6.11. The molecule has 0 spiro atoms. The van der Waals surface area contributed by atoms with Gasteiger partial charge in [0.2, 0.25) is 5.91 Å². The monoisotopic (exact) mass is 414 g/mol. The zero-order valence-corrected chi connectivity index (χ0v) is 16.8. The van der Waals surface area contributed by atoms with Gasteiger partial charge < -0.3 is 15.2 Å². The van der Waals surface area contributed by atoms with Crippen LogP contribution < -0.4 is 10.6 Å². The molecule has 0 radical (unpaired) electrons. The fourth-order valence-electron chi connectivity index (χ4n) is 3.70. The van der Waals surface area contributed by atoms with Crippen LogP contribution in [0.2, 0.25) is 0 Å². The van der Waals surface area contributed by atoms with E-state index in [9.17, 15) is 14.0 Å². The Hall–Kier alpha value is -2.93. The van der Waals surface area contributed by atoms with E-state index in [2.05, 4.69) is 0 Å². The number of para-hydroxylation sites is 1. The van der Waals surface area contributed by atoms with Gasteiger partial charge in [-0.1, -0.05) is 24.3 Å². The summed E-state index contributed by atoms with van der Waals surface area (Å²) in [4.78, 5) is 25.0. The normalized spacial score (nSPS) is 18.6. The predicted octanol–water partition coefficient (Wildman–Crippen LogP) is 4.41. The molecule has 160 valence electrons. The smallest absolute Gasteiger partial charge is 0.418 e. The quantitative estimate of drug-likeness (QED) is 0.694. The first-order valence-corrected chi connectivity index (χ1v) is 10.2. The van der Waals surface area contributed by atoms with Gasteiger partial charge in [-0.3, -0.25) is 4.79 Å². The van der Waals surface area contributed by atoms with Crippen molar-refractivity contribution in [2.24, 2.45) is 17.6 Å². The standard InChI is InChI=1S/C23H27FN2O4/c24-19-5-4-8-21(13-19)26(20-6-2-1-3-7-20)23(28)30-15-18-11-9-17(10-12-18)14-29-16-22(25)27/h1-8,13,17-18H,9-12,14-16H2,(H2,25,27)/t17-,18+. The van der Waals surface area contributed by atoms with Crippen LogP contribution in [-0.2, 0) is 14.3 Å². The van der Waals surface area contributed by atoms with Crippen molar-refractivity contribution in [3.8, 4) is 0 Å². The second kappa shape index (κ2) is 10.7. The second-order valence-electron chi connectivity index (χ2n) is 7.60. The molecular weight excluding hydrogens is 387 g/mol. The zero-order chi connectivity index (χ0) is 21.3. The zero-order valence-electron chi connectivity index (χ0n) is 16.8. The third-order valence-corrected chi connectivity index (χ3v) is 5.27. The summed E-state index contributed by atoms with van der Waals surface area (Å²) < 4.78 is 24.7. The first-order chi connectivity index (χ1) is 14.5. The molecule has 7 heteroatoms. The number of benzene rings is 2. The SMILES string of the molecule is NC(=O)COC[C@H]1CC[C@@H](COC(=O)N(c2ccccc2)c2cccc(F)c2)CC1. The average molecular weight is 414 g/mol. The third kappa shape index (κ3) is 6.29. The van der Waals surface area contributed by atoms with E-state index in [0.29, 0.717) is 30.5 Å². The van der Waals surface area contributed by atoms with Crippen LogP contribution in [0.15, 0.2) is 54.6 Å². The maximum atomic E-state index is 13.7. The van der Waals surface area contributed by atoms with Crippen molar-refractivity contribution in [3.05, 3.63) is 60.4 Å². The van der Waals surface area contributed by atoms with Gasteiger partial charge in [0.15, 0.2) is 0 Å². The van der Waals surface area contributed by atoms with Gasteiger partial charge in [-0.25, -0.2) is 14.1 Å². The van der Waals surface area contributed by atoms with Crippen LogP contribution in [0.25, 0.3) is 0 Å². The van der Waals surface area contributed by atoms with Crippen LogP contribution in [0.3, 0.4) is 0 Å². The van der Waals surface area contributed by atoms with Gasteiger partial charge in [-0.15, -0.1) is 0 Å². The Balaban J connectivity index is 1.55. The van der Waals surface area contributed by atoms with Gasteiger partial charge in [0, 0.05) is 0 Å². The van der Waals surface area contributed by atoms with Crippen molar-refractivity contribution in [1.29, 1.82) is 0 Å². The van der Waals surface area contributed by atoms with E-state index < -0.39 is 17.8 Å². The largest absolute Gasteiger partial charge is 0.449 e. The highest BCUT2D eigenvalue weighted by molar-refractivity contribution is 5.95. The van der Waals surface area contributed by atoms with Crippen molar-refractivity contribution in [2.75, 3.05) is 24.7 Å². The molecule has 0 unspecified atom stereocenters. The molecule has 0 aromatic heterocycles. The fraction of sp³-hybridized carbons (Fsp3) is 0.391. The summed E-state index contributed by atoms with van der Waals surface area (Å²) in [6.45, 7) is 0.788. The summed E-state index contributed by atoms with van der Waals surface area (Å²) in [5, 5.41) is 0. The van der Waals surface area contributed by atoms with E-state index in [1.54, 1.807) is 24.3 Å². The highest BCUT2D eigenvalue weighted by atomic mass is 19.1. The first kappa shape index (κ1) is 21.8. The predicted molar refractivity (Wildman–Crippen MR) is 112 cm³/mol. The Morgan fingerprint density at radius 3 is 2.20 bits per heavy atom. The van der Waals surface area contributed by atoms with Crippen molar-refractivity contribution >= 4 is 23.4 Å². The molecule has 2 amide bonds. The summed E-state index contributed by atoms with van der Waals surface area (Å²) in [5.74, 6) is -0.217. The molecule has 30 heavy (non-hydrogen) atoms. The number of nitrogens with two attached hydrogens (primary N) is 1. The molecule has 1 aliphatic carbocycles. The topological polar surface area (TPSA) is 81.9 Å². The number of rotatable bonds is 8. The third-order valence-electron chi connectivity index (χ3n) is 5.27. The molecule has 0 bridgehead atoms. The van der Waals surface area contributed by atoms with Crippen LogP contribution in [0.4, 0.5) is 20.6 Å². The highest BCUT2D eigenvalue weighted by Crippen LogP contribution is 2.31. The van der Waals surface area contributed by atoms with Crippen molar-refractivity contribution in [3.63, 3.8) is 0 Å². The Kier molecular flexibility index (Phi) is 7.79. The number of hydrogen-bond donors (Lipinski definition) is 1. The summed E-state index contributed by atoms with van der Waals surface area (Å²) in [6.07, 6.45) is 3.21. The van der Waals surface area contributed by atoms with Crippen LogP contribution >= 0.6 is 0 Å². The van der Waals surface area contributed by atoms with E-state index >= 15 is 0 Å². The Morgan fingerprint density at radius 1 is 0.933 bits per heavy atom. The molecule has 2 N–H and O–H groups in total. The lowest BCUT2D eigenvalue weighted by atomic mass is 9.83. The van der Waals surface area contributed by atoms with Gasteiger partial charge in [0.25, 0.3) is 0 Å². The van der Waals surface area contributed by atoms with Crippen molar-refractivity contribution < 1.29 is 23.5 Å². The Labute approximate surface area is 175 Å².